The number of likely N-dealkylation sites (N-methyl/N-ethyl adjacent to an activating group) is 1. The number of aromatic nitrogens is 1. The van der Waals surface area contributed by atoms with E-state index in [0.717, 1.165) is 43.1 Å². The Labute approximate surface area is 170 Å². The number of halogens is 2. The SMILES string of the molecule is Cc1cc(Cl)c(CC(=O)Nc2ccc(N3CCN(C)CC3)c(C)c2)c(Cl)n1. The van der Waals surface area contributed by atoms with Gasteiger partial charge in [-0.05, 0) is 50.7 Å². The van der Waals surface area contributed by atoms with Crippen molar-refractivity contribution in [3.63, 3.8) is 0 Å². The topological polar surface area (TPSA) is 48.5 Å². The Morgan fingerprint density at radius 3 is 2.48 bits per heavy atom. The summed E-state index contributed by atoms with van der Waals surface area (Å²) in [5.74, 6) is -0.170. The molecule has 3 rings (SSSR count). The molecule has 1 N–H and O–H groups in total. The van der Waals surface area contributed by atoms with Gasteiger partial charge in [-0.15, -0.1) is 0 Å². The third kappa shape index (κ3) is 4.92. The van der Waals surface area contributed by atoms with E-state index in [1.165, 1.54) is 5.69 Å². The highest BCUT2D eigenvalue weighted by Crippen LogP contribution is 2.26. The molecule has 0 aliphatic carbocycles. The lowest BCUT2D eigenvalue weighted by atomic mass is 10.1. The molecule has 144 valence electrons. The lowest BCUT2D eigenvalue weighted by Gasteiger charge is -2.35. The van der Waals surface area contributed by atoms with Crippen LogP contribution >= 0.6 is 23.2 Å². The van der Waals surface area contributed by atoms with Crippen molar-refractivity contribution in [3.05, 3.63) is 51.3 Å². The normalized spacial score (nSPS) is 15.1. The van der Waals surface area contributed by atoms with Crippen LogP contribution in [0.4, 0.5) is 11.4 Å². The molecular weight excluding hydrogens is 383 g/mol. The van der Waals surface area contributed by atoms with Gasteiger partial charge in [0.25, 0.3) is 0 Å². The fraction of sp³-hybridized carbons (Fsp3) is 0.400. The summed E-state index contributed by atoms with van der Waals surface area (Å²) in [6.07, 6.45) is 0.0875. The minimum Gasteiger partial charge on any atom is -0.369 e. The van der Waals surface area contributed by atoms with Crippen LogP contribution in [0.3, 0.4) is 0 Å². The van der Waals surface area contributed by atoms with Crippen LogP contribution in [0.2, 0.25) is 10.2 Å². The minimum atomic E-state index is -0.170. The third-order valence-electron chi connectivity index (χ3n) is 4.81. The smallest absolute Gasteiger partial charge is 0.228 e. The van der Waals surface area contributed by atoms with Crippen LogP contribution in [0.1, 0.15) is 16.8 Å². The highest BCUT2D eigenvalue weighted by molar-refractivity contribution is 6.35. The second kappa shape index (κ2) is 8.46. The maximum atomic E-state index is 12.4. The Kier molecular flexibility index (Phi) is 6.25. The Morgan fingerprint density at radius 2 is 1.85 bits per heavy atom. The highest BCUT2D eigenvalue weighted by Gasteiger charge is 2.17. The van der Waals surface area contributed by atoms with Crippen LogP contribution in [0.15, 0.2) is 24.3 Å². The summed E-state index contributed by atoms with van der Waals surface area (Å²) in [5.41, 5.74) is 4.40. The van der Waals surface area contributed by atoms with Crippen molar-refractivity contribution in [2.75, 3.05) is 43.4 Å². The summed E-state index contributed by atoms with van der Waals surface area (Å²) in [6.45, 7) is 8.03. The first kappa shape index (κ1) is 19.9. The Morgan fingerprint density at radius 1 is 1.15 bits per heavy atom. The van der Waals surface area contributed by atoms with E-state index in [2.05, 4.69) is 40.1 Å². The second-order valence-corrected chi connectivity index (χ2v) is 7.80. The fourth-order valence-electron chi connectivity index (χ4n) is 3.28. The lowest BCUT2D eigenvalue weighted by Crippen LogP contribution is -2.44. The summed E-state index contributed by atoms with van der Waals surface area (Å²) in [6, 6.07) is 7.73. The van der Waals surface area contributed by atoms with Gasteiger partial charge in [0.1, 0.15) is 5.15 Å². The lowest BCUT2D eigenvalue weighted by molar-refractivity contribution is -0.115. The molecule has 0 saturated carbocycles. The number of carbonyl (C=O) groups excluding carboxylic acids is 1. The molecule has 2 heterocycles. The van der Waals surface area contributed by atoms with Gasteiger partial charge in [-0.3, -0.25) is 4.79 Å². The zero-order valence-corrected chi connectivity index (χ0v) is 17.4. The van der Waals surface area contributed by atoms with Gasteiger partial charge in [0, 0.05) is 53.8 Å². The fourth-order valence-corrected chi connectivity index (χ4v) is 3.95. The molecule has 1 saturated heterocycles. The van der Waals surface area contributed by atoms with Crippen molar-refractivity contribution in [3.8, 4) is 0 Å². The number of aryl methyl sites for hydroxylation is 2. The van der Waals surface area contributed by atoms with Gasteiger partial charge in [0.2, 0.25) is 5.91 Å². The molecule has 5 nitrogen and oxygen atoms in total. The molecule has 0 spiro atoms. The average molecular weight is 407 g/mol. The van der Waals surface area contributed by atoms with Crippen LogP contribution in [0.5, 0.6) is 0 Å². The molecule has 1 aliphatic rings. The molecule has 0 bridgehead atoms. The highest BCUT2D eigenvalue weighted by atomic mass is 35.5. The first-order valence-electron chi connectivity index (χ1n) is 8.99. The molecule has 0 unspecified atom stereocenters. The van der Waals surface area contributed by atoms with Gasteiger partial charge in [-0.1, -0.05) is 23.2 Å². The monoisotopic (exact) mass is 406 g/mol. The number of benzene rings is 1. The van der Waals surface area contributed by atoms with E-state index in [1.807, 2.05) is 19.1 Å². The molecule has 1 amide bonds. The van der Waals surface area contributed by atoms with Gasteiger partial charge < -0.3 is 15.1 Å². The number of piperazine rings is 1. The van der Waals surface area contributed by atoms with E-state index in [0.29, 0.717) is 10.6 Å². The standard InChI is InChI=1S/C20H24Cl2N4O/c1-13-10-15(4-5-18(13)26-8-6-25(3)7-9-26)24-19(27)12-16-17(21)11-14(2)23-20(16)22/h4-5,10-11H,6-9,12H2,1-3H3,(H,24,27). The van der Waals surface area contributed by atoms with Crippen molar-refractivity contribution < 1.29 is 4.79 Å². The van der Waals surface area contributed by atoms with Crippen LogP contribution in [-0.4, -0.2) is 49.0 Å². The van der Waals surface area contributed by atoms with Crippen LogP contribution in [-0.2, 0) is 11.2 Å². The summed E-state index contributed by atoms with van der Waals surface area (Å²) in [7, 11) is 2.14. The van der Waals surface area contributed by atoms with E-state index >= 15 is 0 Å². The molecule has 0 radical (unpaired) electrons. The predicted octanol–water partition coefficient (Wildman–Crippen LogP) is 3.94. The maximum absolute atomic E-state index is 12.4. The number of hydrogen-bond donors (Lipinski definition) is 1. The van der Waals surface area contributed by atoms with Crippen molar-refractivity contribution in [2.45, 2.75) is 20.3 Å². The molecule has 1 fully saturated rings. The number of amides is 1. The zero-order chi connectivity index (χ0) is 19.6. The molecule has 1 aromatic carbocycles. The van der Waals surface area contributed by atoms with Gasteiger partial charge in [0.05, 0.1) is 6.42 Å². The van der Waals surface area contributed by atoms with Crippen LogP contribution < -0.4 is 10.2 Å². The summed E-state index contributed by atoms with van der Waals surface area (Å²) in [5, 5.41) is 3.66. The van der Waals surface area contributed by atoms with Crippen molar-refractivity contribution in [1.82, 2.24) is 9.88 Å². The van der Waals surface area contributed by atoms with Crippen molar-refractivity contribution in [1.29, 1.82) is 0 Å². The number of hydrogen-bond acceptors (Lipinski definition) is 4. The van der Waals surface area contributed by atoms with Crippen molar-refractivity contribution >= 4 is 40.5 Å². The minimum absolute atomic E-state index is 0.0875. The van der Waals surface area contributed by atoms with E-state index in [1.54, 1.807) is 6.07 Å². The first-order chi connectivity index (χ1) is 12.8. The van der Waals surface area contributed by atoms with Crippen molar-refractivity contribution in [2.24, 2.45) is 0 Å². The maximum Gasteiger partial charge on any atom is 0.228 e. The average Bonchev–Trinajstić information content (AvgIpc) is 2.59. The number of nitrogens with one attached hydrogen (secondary N) is 1. The van der Waals surface area contributed by atoms with Gasteiger partial charge in [0.15, 0.2) is 0 Å². The van der Waals surface area contributed by atoms with E-state index in [-0.39, 0.29) is 17.5 Å². The van der Waals surface area contributed by atoms with E-state index in [4.69, 9.17) is 23.2 Å². The van der Waals surface area contributed by atoms with E-state index in [9.17, 15) is 4.79 Å². The molecule has 2 aromatic rings. The molecule has 1 aliphatic heterocycles. The summed E-state index contributed by atoms with van der Waals surface area (Å²) >= 11 is 12.4. The number of pyridine rings is 1. The number of rotatable bonds is 4. The van der Waals surface area contributed by atoms with Gasteiger partial charge in [-0.25, -0.2) is 4.98 Å². The Balaban J connectivity index is 1.67. The zero-order valence-electron chi connectivity index (χ0n) is 15.9. The predicted molar refractivity (Wildman–Crippen MR) is 112 cm³/mol. The molecule has 1 aromatic heterocycles. The number of carbonyl (C=O) groups is 1. The molecule has 7 heteroatoms. The van der Waals surface area contributed by atoms with Crippen LogP contribution in [0, 0.1) is 13.8 Å². The first-order valence-corrected chi connectivity index (χ1v) is 9.74. The third-order valence-corrected chi connectivity index (χ3v) is 5.46. The summed E-state index contributed by atoms with van der Waals surface area (Å²) in [4.78, 5) is 21.3. The van der Waals surface area contributed by atoms with Crippen LogP contribution in [0.25, 0.3) is 0 Å². The molecular formula is C20H24Cl2N4O. The molecule has 0 atom stereocenters. The largest absolute Gasteiger partial charge is 0.369 e. The number of anilines is 2. The molecule has 27 heavy (non-hydrogen) atoms. The Bertz CT molecular complexity index is 825. The van der Waals surface area contributed by atoms with E-state index < -0.39 is 0 Å². The summed E-state index contributed by atoms with van der Waals surface area (Å²) < 4.78 is 0. The number of nitrogens with zero attached hydrogens (tertiary/aromatic N) is 3. The second-order valence-electron chi connectivity index (χ2n) is 7.03. The quantitative estimate of drug-likeness (QED) is 0.781. The Hall–Kier alpha value is -1.82. The van der Waals surface area contributed by atoms with Gasteiger partial charge >= 0.3 is 0 Å². The van der Waals surface area contributed by atoms with Gasteiger partial charge in [-0.2, -0.15) is 0 Å².